The van der Waals surface area contributed by atoms with Gasteiger partial charge in [0.25, 0.3) is 0 Å². The maximum Gasteiger partial charge on any atom is 0.306 e. The summed E-state index contributed by atoms with van der Waals surface area (Å²) in [6.45, 7) is 2.39. The summed E-state index contributed by atoms with van der Waals surface area (Å²) in [5.74, 6) is 0.599. The minimum atomic E-state index is -0.731. The summed E-state index contributed by atoms with van der Waals surface area (Å²) in [5.41, 5.74) is 0.979. The van der Waals surface area contributed by atoms with Gasteiger partial charge in [-0.05, 0) is 57.0 Å². The number of amides is 1. The number of methoxy groups -OCH3 is 2. The van der Waals surface area contributed by atoms with Crippen molar-refractivity contribution in [3.8, 4) is 11.5 Å². The predicted molar refractivity (Wildman–Crippen MR) is 100 cm³/mol. The fraction of sp³-hybridized carbons (Fsp3) is 0.600. The molecule has 3 rings (SSSR count). The summed E-state index contributed by atoms with van der Waals surface area (Å²) >= 11 is 0. The molecule has 148 valence electrons. The Balaban J connectivity index is 1.68. The third-order valence-electron chi connectivity index (χ3n) is 5.66. The lowest BCUT2D eigenvalue weighted by Crippen LogP contribution is -2.44. The highest BCUT2D eigenvalue weighted by Crippen LogP contribution is 2.39. The number of rotatable bonds is 6. The number of carbonyl (C=O) groups excluding carboxylic acids is 1. The van der Waals surface area contributed by atoms with Crippen LogP contribution in [-0.4, -0.2) is 67.2 Å². The highest BCUT2D eigenvalue weighted by molar-refractivity contribution is 5.79. The van der Waals surface area contributed by atoms with E-state index in [1.165, 1.54) is 0 Å². The zero-order chi connectivity index (χ0) is 19.4. The van der Waals surface area contributed by atoms with Gasteiger partial charge in [-0.1, -0.05) is 0 Å². The highest BCUT2D eigenvalue weighted by atomic mass is 16.5. The molecular weight excluding hydrogens is 348 g/mol. The number of hydrogen-bond donors (Lipinski definition) is 1. The normalized spacial score (nSPS) is 21.3. The summed E-state index contributed by atoms with van der Waals surface area (Å²) in [4.78, 5) is 28.1. The third-order valence-corrected chi connectivity index (χ3v) is 5.66. The molecule has 27 heavy (non-hydrogen) atoms. The number of aliphatic carboxylic acids is 1. The number of hydrogen-bond acceptors (Lipinski definition) is 5. The maximum absolute atomic E-state index is 13.0. The van der Waals surface area contributed by atoms with Crippen LogP contribution in [0.2, 0.25) is 0 Å². The average Bonchev–Trinajstić information content (AvgIpc) is 3.17. The number of likely N-dealkylation sites (tertiary alicyclic amines) is 2. The molecule has 0 aliphatic carbocycles. The van der Waals surface area contributed by atoms with Crippen LogP contribution < -0.4 is 9.47 Å². The van der Waals surface area contributed by atoms with Crippen LogP contribution in [0, 0.1) is 5.92 Å². The Morgan fingerprint density at radius 1 is 1.11 bits per heavy atom. The Labute approximate surface area is 159 Å². The summed E-state index contributed by atoms with van der Waals surface area (Å²) in [6, 6.07) is 5.68. The lowest BCUT2D eigenvalue weighted by Gasteiger charge is -2.32. The fourth-order valence-electron chi connectivity index (χ4n) is 4.11. The molecule has 2 heterocycles. The van der Waals surface area contributed by atoms with E-state index >= 15 is 0 Å². The van der Waals surface area contributed by atoms with E-state index in [0.29, 0.717) is 32.5 Å². The lowest BCUT2D eigenvalue weighted by atomic mass is 9.97. The van der Waals surface area contributed by atoms with Crippen molar-refractivity contribution < 1.29 is 24.2 Å². The first-order chi connectivity index (χ1) is 13.0. The number of benzene rings is 1. The van der Waals surface area contributed by atoms with Crippen molar-refractivity contribution in [2.75, 3.05) is 40.4 Å². The van der Waals surface area contributed by atoms with Gasteiger partial charge in [0.15, 0.2) is 0 Å². The number of carboxylic acids is 1. The molecule has 0 aromatic heterocycles. The molecule has 0 bridgehead atoms. The van der Waals surface area contributed by atoms with E-state index in [2.05, 4.69) is 4.90 Å². The van der Waals surface area contributed by atoms with Gasteiger partial charge in [-0.2, -0.15) is 0 Å². The van der Waals surface area contributed by atoms with Gasteiger partial charge in [0.05, 0.1) is 32.7 Å². The van der Waals surface area contributed by atoms with Crippen molar-refractivity contribution in [2.45, 2.75) is 31.7 Å². The monoisotopic (exact) mass is 376 g/mol. The van der Waals surface area contributed by atoms with Crippen LogP contribution in [0.5, 0.6) is 11.5 Å². The second-order valence-electron chi connectivity index (χ2n) is 7.24. The molecule has 2 aliphatic rings. The van der Waals surface area contributed by atoms with E-state index in [1.807, 2.05) is 23.1 Å². The second-order valence-corrected chi connectivity index (χ2v) is 7.24. The van der Waals surface area contributed by atoms with Gasteiger partial charge in [-0.25, -0.2) is 0 Å². The summed E-state index contributed by atoms with van der Waals surface area (Å²) in [7, 11) is 3.27. The highest BCUT2D eigenvalue weighted by Gasteiger charge is 2.34. The van der Waals surface area contributed by atoms with Gasteiger partial charge in [0.2, 0.25) is 5.91 Å². The summed E-state index contributed by atoms with van der Waals surface area (Å²) in [5, 5.41) is 9.12. The first kappa shape index (κ1) is 19.5. The Bertz CT molecular complexity index is 685. The lowest BCUT2D eigenvalue weighted by molar-refractivity contribution is -0.143. The van der Waals surface area contributed by atoms with Gasteiger partial charge < -0.3 is 19.5 Å². The van der Waals surface area contributed by atoms with Gasteiger partial charge in [-0.3, -0.25) is 14.5 Å². The molecule has 0 spiro atoms. The summed E-state index contributed by atoms with van der Waals surface area (Å²) < 4.78 is 10.9. The zero-order valence-electron chi connectivity index (χ0n) is 16.0. The minimum Gasteiger partial charge on any atom is -0.497 e. The van der Waals surface area contributed by atoms with E-state index in [4.69, 9.17) is 14.6 Å². The SMILES string of the molecule is COc1ccc(OC)c(C2CCCN2C(=O)CN2CCC(C(=O)O)CC2)c1. The van der Waals surface area contributed by atoms with Crippen LogP contribution in [-0.2, 0) is 9.59 Å². The fourth-order valence-corrected chi connectivity index (χ4v) is 4.11. The van der Waals surface area contributed by atoms with Crippen LogP contribution in [0.1, 0.15) is 37.3 Å². The van der Waals surface area contributed by atoms with E-state index in [-0.39, 0.29) is 17.9 Å². The van der Waals surface area contributed by atoms with Crippen LogP contribution >= 0.6 is 0 Å². The predicted octanol–water partition coefficient (Wildman–Crippen LogP) is 2.16. The van der Waals surface area contributed by atoms with Gasteiger partial charge in [0, 0.05) is 12.1 Å². The number of nitrogens with zero attached hydrogens (tertiary/aromatic N) is 2. The molecule has 2 fully saturated rings. The van der Waals surface area contributed by atoms with Crippen molar-refractivity contribution in [3.63, 3.8) is 0 Å². The number of piperidine rings is 1. The molecule has 2 aliphatic heterocycles. The van der Waals surface area contributed by atoms with E-state index in [0.717, 1.165) is 36.4 Å². The number of carboxylic acid groups (broad SMARTS) is 1. The van der Waals surface area contributed by atoms with Crippen LogP contribution in [0.25, 0.3) is 0 Å². The Morgan fingerprint density at radius 2 is 1.85 bits per heavy atom. The van der Waals surface area contributed by atoms with E-state index in [9.17, 15) is 9.59 Å². The molecule has 1 atom stereocenters. The van der Waals surface area contributed by atoms with Crippen molar-refractivity contribution in [3.05, 3.63) is 23.8 Å². The van der Waals surface area contributed by atoms with Crippen molar-refractivity contribution in [1.82, 2.24) is 9.80 Å². The number of carbonyl (C=O) groups is 2. The topological polar surface area (TPSA) is 79.3 Å². The Morgan fingerprint density at radius 3 is 2.48 bits per heavy atom. The number of ether oxygens (including phenoxy) is 2. The molecule has 1 amide bonds. The molecule has 1 aromatic carbocycles. The average molecular weight is 376 g/mol. The summed E-state index contributed by atoms with van der Waals surface area (Å²) in [6.07, 6.45) is 3.07. The molecule has 0 saturated carbocycles. The standard InChI is InChI=1S/C20H28N2O5/c1-26-15-5-6-18(27-2)16(12-15)17-4-3-9-22(17)19(23)13-21-10-7-14(8-11-21)20(24)25/h5-6,12,14,17H,3-4,7-11,13H2,1-2H3,(H,24,25). The smallest absolute Gasteiger partial charge is 0.306 e. The van der Waals surface area contributed by atoms with Crippen LogP contribution in [0.4, 0.5) is 0 Å². The maximum atomic E-state index is 13.0. The molecule has 2 saturated heterocycles. The zero-order valence-corrected chi connectivity index (χ0v) is 16.0. The van der Waals surface area contributed by atoms with E-state index < -0.39 is 5.97 Å². The molecule has 7 nitrogen and oxygen atoms in total. The Hall–Kier alpha value is -2.28. The Kier molecular flexibility index (Phi) is 6.21. The van der Waals surface area contributed by atoms with Gasteiger partial charge >= 0.3 is 5.97 Å². The minimum absolute atomic E-state index is 0.0147. The molecule has 0 radical (unpaired) electrons. The molecule has 7 heteroatoms. The van der Waals surface area contributed by atoms with Crippen molar-refractivity contribution in [2.24, 2.45) is 5.92 Å². The van der Waals surface area contributed by atoms with Crippen molar-refractivity contribution >= 4 is 11.9 Å². The quantitative estimate of drug-likeness (QED) is 0.820. The van der Waals surface area contributed by atoms with E-state index in [1.54, 1.807) is 14.2 Å². The molecule has 1 aromatic rings. The van der Waals surface area contributed by atoms with Gasteiger partial charge in [-0.15, -0.1) is 0 Å². The van der Waals surface area contributed by atoms with Crippen LogP contribution in [0.3, 0.4) is 0 Å². The molecule has 1 unspecified atom stereocenters. The molecule has 1 N–H and O–H groups in total. The van der Waals surface area contributed by atoms with Crippen molar-refractivity contribution in [1.29, 1.82) is 0 Å². The van der Waals surface area contributed by atoms with Gasteiger partial charge in [0.1, 0.15) is 11.5 Å². The molecular formula is C20H28N2O5. The largest absolute Gasteiger partial charge is 0.497 e. The first-order valence-corrected chi connectivity index (χ1v) is 9.50. The second kappa shape index (κ2) is 8.61. The first-order valence-electron chi connectivity index (χ1n) is 9.50. The third kappa shape index (κ3) is 4.35. The van der Waals surface area contributed by atoms with Crippen LogP contribution in [0.15, 0.2) is 18.2 Å².